The zero-order valence-electron chi connectivity index (χ0n) is 17.9. The lowest BCUT2D eigenvalue weighted by atomic mass is 9.90. The first-order chi connectivity index (χ1) is 15.0. The standard InChI is InChI=1S/C22H30FN5O3/c1-25-18-8-3-4-9-19(18)27-22-17(23)13-16(20(24)29)21(28-22)26-14-6-5-7-15(12-14)31-11-10-30-2/h5-7,12-13,18-19,25H,3-4,8-11H2,1-2H3,(H2,24,29)(H2,26,27,28). The Hall–Kier alpha value is -2.91. The second-order valence-electron chi connectivity index (χ2n) is 7.50. The molecular formula is C22H30FN5O3. The number of benzene rings is 1. The van der Waals surface area contributed by atoms with Gasteiger partial charge in [0.15, 0.2) is 11.6 Å². The molecule has 1 aromatic carbocycles. The van der Waals surface area contributed by atoms with Gasteiger partial charge < -0.3 is 31.2 Å². The van der Waals surface area contributed by atoms with E-state index in [9.17, 15) is 9.18 Å². The van der Waals surface area contributed by atoms with E-state index in [0.717, 1.165) is 31.7 Å². The van der Waals surface area contributed by atoms with Gasteiger partial charge in [0.2, 0.25) is 0 Å². The Bertz CT molecular complexity index is 895. The summed E-state index contributed by atoms with van der Waals surface area (Å²) in [5.41, 5.74) is 6.08. The molecule has 8 nitrogen and oxygen atoms in total. The van der Waals surface area contributed by atoms with Crippen LogP contribution in [0.4, 0.5) is 21.7 Å². The lowest BCUT2D eigenvalue weighted by molar-refractivity contribution is 0.100. The van der Waals surface area contributed by atoms with E-state index in [-0.39, 0.29) is 29.3 Å². The third-order valence-corrected chi connectivity index (χ3v) is 5.35. The Morgan fingerprint density at radius 2 is 1.97 bits per heavy atom. The first-order valence-electron chi connectivity index (χ1n) is 10.4. The Labute approximate surface area is 181 Å². The highest BCUT2D eigenvalue weighted by Crippen LogP contribution is 2.28. The van der Waals surface area contributed by atoms with Crippen LogP contribution in [0.25, 0.3) is 0 Å². The number of primary amides is 1. The predicted octanol–water partition coefficient (Wildman–Crippen LogP) is 3.03. The molecule has 1 amide bonds. The van der Waals surface area contributed by atoms with Crippen LogP contribution in [-0.4, -0.2) is 50.3 Å². The number of nitrogens with zero attached hydrogens (tertiary/aromatic N) is 1. The van der Waals surface area contributed by atoms with Gasteiger partial charge >= 0.3 is 0 Å². The molecular weight excluding hydrogens is 401 g/mol. The SMILES string of the molecule is CNC1CCCCC1Nc1nc(Nc2cccc(OCCOC)c2)c(C(N)=O)cc1F. The number of carbonyl (C=O) groups excluding carboxylic acids is 1. The Balaban J connectivity index is 1.84. The number of nitrogens with two attached hydrogens (primary N) is 1. The lowest BCUT2D eigenvalue weighted by Gasteiger charge is -2.32. The van der Waals surface area contributed by atoms with Crippen LogP contribution in [0, 0.1) is 5.82 Å². The summed E-state index contributed by atoms with van der Waals surface area (Å²) in [6, 6.07) is 8.56. The van der Waals surface area contributed by atoms with E-state index in [4.69, 9.17) is 15.2 Å². The smallest absolute Gasteiger partial charge is 0.252 e. The van der Waals surface area contributed by atoms with Gasteiger partial charge in [-0.2, -0.15) is 0 Å². The van der Waals surface area contributed by atoms with Crippen LogP contribution in [0.2, 0.25) is 0 Å². The molecule has 1 saturated carbocycles. The molecule has 1 aliphatic rings. The summed E-state index contributed by atoms with van der Waals surface area (Å²) < 4.78 is 25.3. The number of aromatic nitrogens is 1. The third kappa shape index (κ3) is 6.05. The molecule has 1 aromatic heterocycles. The minimum Gasteiger partial charge on any atom is -0.491 e. The fraction of sp³-hybridized carbons (Fsp3) is 0.455. The fourth-order valence-electron chi connectivity index (χ4n) is 3.74. The zero-order valence-corrected chi connectivity index (χ0v) is 17.9. The molecule has 1 fully saturated rings. The number of ether oxygens (including phenoxy) is 2. The normalized spacial score (nSPS) is 18.4. The number of rotatable bonds is 10. The minimum atomic E-state index is -0.765. The number of likely N-dealkylation sites (N-methyl/N-ethyl adjacent to an activating group) is 1. The second-order valence-corrected chi connectivity index (χ2v) is 7.50. The lowest BCUT2D eigenvalue weighted by Crippen LogP contribution is -2.45. The summed E-state index contributed by atoms with van der Waals surface area (Å²) in [7, 11) is 3.50. The van der Waals surface area contributed by atoms with Crippen molar-refractivity contribution in [2.24, 2.45) is 5.73 Å². The number of anilines is 3. The minimum absolute atomic E-state index is 0.0254. The number of halogens is 1. The molecule has 3 rings (SSSR count). The van der Waals surface area contributed by atoms with Crippen molar-refractivity contribution in [1.82, 2.24) is 10.3 Å². The molecule has 1 heterocycles. The number of carbonyl (C=O) groups is 1. The molecule has 31 heavy (non-hydrogen) atoms. The van der Waals surface area contributed by atoms with Crippen LogP contribution in [0.3, 0.4) is 0 Å². The van der Waals surface area contributed by atoms with Crippen molar-refractivity contribution in [3.05, 3.63) is 41.7 Å². The Kier molecular flexibility index (Phi) is 8.02. The van der Waals surface area contributed by atoms with E-state index in [1.165, 1.54) is 0 Å². The Morgan fingerprint density at radius 1 is 1.19 bits per heavy atom. The quantitative estimate of drug-likeness (QED) is 0.428. The van der Waals surface area contributed by atoms with Crippen molar-refractivity contribution in [3.63, 3.8) is 0 Å². The molecule has 0 spiro atoms. The van der Waals surface area contributed by atoms with Crippen LogP contribution >= 0.6 is 0 Å². The summed E-state index contributed by atoms with van der Waals surface area (Å²) >= 11 is 0. The van der Waals surface area contributed by atoms with Crippen molar-refractivity contribution in [2.45, 2.75) is 37.8 Å². The van der Waals surface area contributed by atoms with Gasteiger partial charge in [0.25, 0.3) is 5.91 Å². The number of pyridine rings is 1. The van der Waals surface area contributed by atoms with Gasteiger partial charge in [-0.15, -0.1) is 0 Å². The van der Waals surface area contributed by atoms with Crippen molar-refractivity contribution in [3.8, 4) is 5.75 Å². The summed E-state index contributed by atoms with van der Waals surface area (Å²) in [5.74, 6) is -0.480. The maximum absolute atomic E-state index is 14.7. The molecule has 168 valence electrons. The molecule has 9 heteroatoms. The first-order valence-corrected chi connectivity index (χ1v) is 10.4. The number of amides is 1. The zero-order chi connectivity index (χ0) is 22.2. The third-order valence-electron chi connectivity index (χ3n) is 5.35. The topological polar surface area (TPSA) is 111 Å². The molecule has 2 aromatic rings. The van der Waals surface area contributed by atoms with Gasteiger partial charge in [-0.1, -0.05) is 18.9 Å². The second kappa shape index (κ2) is 10.9. The van der Waals surface area contributed by atoms with Gasteiger partial charge in [-0.25, -0.2) is 9.37 Å². The number of hydrogen-bond acceptors (Lipinski definition) is 7. The van der Waals surface area contributed by atoms with Crippen molar-refractivity contribution in [1.29, 1.82) is 0 Å². The molecule has 2 unspecified atom stereocenters. The maximum Gasteiger partial charge on any atom is 0.252 e. The van der Waals surface area contributed by atoms with Gasteiger partial charge in [0, 0.05) is 30.9 Å². The molecule has 0 aliphatic heterocycles. The summed E-state index contributed by atoms with van der Waals surface area (Å²) in [5, 5.41) is 9.56. The van der Waals surface area contributed by atoms with Crippen molar-refractivity contribution >= 4 is 23.2 Å². The van der Waals surface area contributed by atoms with E-state index >= 15 is 0 Å². The number of nitrogens with one attached hydrogen (secondary N) is 3. The Morgan fingerprint density at radius 3 is 2.68 bits per heavy atom. The summed E-state index contributed by atoms with van der Waals surface area (Å²) in [6.45, 7) is 0.871. The van der Waals surface area contributed by atoms with Gasteiger partial charge in [-0.3, -0.25) is 4.79 Å². The van der Waals surface area contributed by atoms with Gasteiger partial charge in [0.05, 0.1) is 12.2 Å². The van der Waals surface area contributed by atoms with Crippen LogP contribution in [-0.2, 0) is 4.74 Å². The van der Waals surface area contributed by atoms with E-state index < -0.39 is 11.7 Å². The summed E-state index contributed by atoms with van der Waals surface area (Å²) in [4.78, 5) is 16.3. The molecule has 2 atom stereocenters. The molecule has 1 aliphatic carbocycles. The van der Waals surface area contributed by atoms with E-state index in [1.54, 1.807) is 25.3 Å². The largest absolute Gasteiger partial charge is 0.491 e. The highest BCUT2D eigenvalue weighted by atomic mass is 19.1. The van der Waals surface area contributed by atoms with Crippen LogP contribution in [0.1, 0.15) is 36.0 Å². The van der Waals surface area contributed by atoms with Crippen LogP contribution < -0.4 is 26.4 Å². The summed E-state index contributed by atoms with van der Waals surface area (Å²) in [6.07, 6.45) is 4.12. The van der Waals surface area contributed by atoms with E-state index in [0.29, 0.717) is 24.7 Å². The highest BCUT2D eigenvalue weighted by Gasteiger charge is 2.26. The number of methoxy groups -OCH3 is 1. The van der Waals surface area contributed by atoms with E-state index in [1.807, 2.05) is 13.1 Å². The van der Waals surface area contributed by atoms with Crippen LogP contribution in [0.5, 0.6) is 5.75 Å². The fourth-order valence-corrected chi connectivity index (χ4v) is 3.74. The van der Waals surface area contributed by atoms with E-state index in [2.05, 4.69) is 20.9 Å². The van der Waals surface area contributed by atoms with Crippen LogP contribution in [0.15, 0.2) is 30.3 Å². The highest BCUT2D eigenvalue weighted by molar-refractivity contribution is 5.98. The van der Waals surface area contributed by atoms with Crippen molar-refractivity contribution in [2.75, 3.05) is 38.0 Å². The monoisotopic (exact) mass is 431 g/mol. The molecule has 5 N–H and O–H groups in total. The maximum atomic E-state index is 14.7. The van der Waals surface area contributed by atoms with Gasteiger partial charge in [0.1, 0.15) is 18.2 Å². The van der Waals surface area contributed by atoms with Crippen molar-refractivity contribution < 1.29 is 18.7 Å². The average Bonchev–Trinajstić information content (AvgIpc) is 2.76. The number of hydrogen-bond donors (Lipinski definition) is 4. The predicted molar refractivity (Wildman–Crippen MR) is 119 cm³/mol. The van der Waals surface area contributed by atoms with Gasteiger partial charge in [-0.05, 0) is 38.1 Å². The molecule has 0 radical (unpaired) electrons. The molecule has 0 saturated heterocycles. The first kappa shape index (κ1) is 22.8. The average molecular weight is 432 g/mol. The molecule has 0 bridgehead atoms.